The summed E-state index contributed by atoms with van der Waals surface area (Å²) in [4.78, 5) is 23.3. The van der Waals surface area contributed by atoms with Gasteiger partial charge >= 0.3 is 6.09 Å². The summed E-state index contributed by atoms with van der Waals surface area (Å²) in [5.74, 6) is 1.21. The topological polar surface area (TPSA) is 123 Å². The number of hydrogen-bond acceptors (Lipinski definition) is 8. The van der Waals surface area contributed by atoms with Crippen molar-refractivity contribution in [3.05, 3.63) is 18.6 Å². The van der Waals surface area contributed by atoms with Gasteiger partial charge in [0.05, 0.1) is 18.5 Å². The molecule has 2 N–H and O–H groups in total. The summed E-state index contributed by atoms with van der Waals surface area (Å²) >= 11 is 0. The first-order valence-corrected chi connectivity index (χ1v) is 11.3. The molecule has 0 bridgehead atoms. The van der Waals surface area contributed by atoms with E-state index in [2.05, 4.69) is 37.5 Å². The van der Waals surface area contributed by atoms with Crippen LogP contribution in [0.1, 0.15) is 48.0 Å². The van der Waals surface area contributed by atoms with Gasteiger partial charge in [0.2, 0.25) is 11.8 Å². The fraction of sp³-hybridized carbons (Fsp3) is 0.591. The predicted molar refractivity (Wildman–Crippen MR) is 123 cm³/mol. The molecule has 0 spiro atoms. The van der Waals surface area contributed by atoms with Gasteiger partial charge in [0, 0.05) is 30.9 Å². The number of nitrogens with zero attached hydrogens (tertiary/aromatic N) is 6. The summed E-state index contributed by atoms with van der Waals surface area (Å²) in [6.45, 7) is 12.9. The molecule has 3 aromatic rings. The van der Waals surface area contributed by atoms with Crippen molar-refractivity contribution >= 4 is 17.7 Å². The summed E-state index contributed by atoms with van der Waals surface area (Å²) in [7, 11) is 0. The number of ether oxygens (including phenoxy) is 2. The summed E-state index contributed by atoms with van der Waals surface area (Å²) in [6, 6.07) is 0.122. The number of rotatable bonds is 5. The first-order valence-electron chi connectivity index (χ1n) is 11.3. The molecular weight excluding hydrogens is 424 g/mol. The molecule has 0 unspecified atom stereocenters. The first-order chi connectivity index (χ1) is 15.6. The molecule has 11 heteroatoms. The zero-order chi connectivity index (χ0) is 23.8. The van der Waals surface area contributed by atoms with Crippen molar-refractivity contribution in [1.29, 1.82) is 0 Å². The average Bonchev–Trinajstić information content (AvgIpc) is 3.38. The van der Waals surface area contributed by atoms with E-state index in [0.717, 1.165) is 12.0 Å². The number of likely N-dealkylation sites (tertiary alicyclic amines) is 1. The van der Waals surface area contributed by atoms with Gasteiger partial charge in [0.15, 0.2) is 5.65 Å². The smallest absolute Gasteiger partial charge is 0.410 e. The zero-order valence-electron chi connectivity index (χ0n) is 20.0. The van der Waals surface area contributed by atoms with Crippen LogP contribution in [0, 0.1) is 5.92 Å². The molecule has 4 rings (SSSR count). The van der Waals surface area contributed by atoms with Gasteiger partial charge in [-0.2, -0.15) is 14.6 Å². The van der Waals surface area contributed by atoms with E-state index in [4.69, 9.17) is 9.47 Å². The maximum absolute atomic E-state index is 12.4. The summed E-state index contributed by atoms with van der Waals surface area (Å²) in [5.41, 5.74) is 1.52. The minimum absolute atomic E-state index is 0.0686. The Morgan fingerprint density at radius 3 is 2.73 bits per heavy atom. The molecule has 0 saturated carbocycles. The number of aromatic amines is 1. The molecule has 11 nitrogen and oxygen atoms in total. The third-order valence-corrected chi connectivity index (χ3v) is 5.33. The van der Waals surface area contributed by atoms with E-state index in [-0.39, 0.29) is 24.2 Å². The molecule has 1 aliphatic heterocycles. The molecule has 0 radical (unpaired) electrons. The lowest BCUT2D eigenvalue weighted by atomic mass is 9.94. The Kier molecular flexibility index (Phi) is 6.13. The van der Waals surface area contributed by atoms with E-state index < -0.39 is 5.60 Å². The molecule has 33 heavy (non-hydrogen) atoms. The number of anilines is 1. The monoisotopic (exact) mass is 456 g/mol. The Morgan fingerprint density at radius 1 is 1.30 bits per heavy atom. The Labute approximate surface area is 192 Å². The predicted octanol–water partition coefficient (Wildman–Crippen LogP) is 3.36. The van der Waals surface area contributed by atoms with E-state index in [1.165, 1.54) is 0 Å². The third kappa shape index (κ3) is 5.18. The van der Waals surface area contributed by atoms with Gasteiger partial charge in [0.1, 0.15) is 11.3 Å². The van der Waals surface area contributed by atoms with Crippen LogP contribution in [0.25, 0.3) is 16.9 Å². The van der Waals surface area contributed by atoms with Crippen LogP contribution in [-0.4, -0.2) is 71.6 Å². The maximum atomic E-state index is 12.4. The van der Waals surface area contributed by atoms with Crippen LogP contribution < -0.4 is 10.1 Å². The normalized spacial score (nSPS) is 19.2. The van der Waals surface area contributed by atoms with Crippen molar-refractivity contribution in [3.63, 3.8) is 0 Å². The fourth-order valence-electron chi connectivity index (χ4n) is 3.82. The molecular formula is C22H32N8O3. The van der Waals surface area contributed by atoms with Gasteiger partial charge in [0.25, 0.3) is 0 Å². The van der Waals surface area contributed by atoms with Crippen molar-refractivity contribution in [2.24, 2.45) is 5.92 Å². The van der Waals surface area contributed by atoms with Crippen LogP contribution in [0.5, 0.6) is 5.88 Å². The molecule has 0 aliphatic carbocycles. The highest BCUT2D eigenvalue weighted by atomic mass is 16.6. The van der Waals surface area contributed by atoms with E-state index in [0.29, 0.717) is 36.3 Å². The Bertz CT molecular complexity index is 1100. The van der Waals surface area contributed by atoms with Gasteiger partial charge < -0.3 is 19.7 Å². The highest BCUT2D eigenvalue weighted by molar-refractivity contribution is 5.68. The third-order valence-electron chi connectivity index (χ3n) is 5.33. The first kappa shape index (κ1) is 22.8. The van der Waals surface area contributed by atoms with Crippen molar-refractivity contribution in [3.8, 4) is 17.1 Å². The summed E-state index contributed by atoms with van der Waals surface area (Å²) in [6.07, 6.45) is 5.55. The largest absolute Gasteiger partial charge is 0.473 e. The quantitative estimate of drug-likeness (QED) is 0.599. The molecule has 0 aromatic carbocycles. The van der Waals surface area contributed by atoms with Crippen LogP contribution in [0.2, 0.25) is 0 Å². The maximum Gasteiger partial charge on any atom is 0.410 e. The lowest BCUT2D eigenvalue weighted by molar-refractivity contribution is 0.0164. The molecule has 178 valence electrons. The lowest BCUT2D eigenvalue weighted by Gasteiger charge is -2.37. The average molecular weight is 457 g/mol. The van der Waals surface area contributed by atoms with Crippen molar-refractivity contribution < 1.29 is 14.3 Å². The van der Waals surface area contributed by atoms with Gasteiger partial charge in [-0.05, 0) is 47.0 Å². The zero-order valence-corrected chi connectivity index (χ0v) is 20.0. The number of piperidine rings is 1. The minimum atomic E-state index is -0.505. The molecule has 1 fully saturated rings. The number of H-pyrrole nitrogens is 1. The number of nitrogens with one attached hydrogen (secondary N) is 2. The van der Waals surface area contributed by atoms with Crippen LogP contribution in [0.4, 0.5) is 10.7 Å². The van der Waals surface area contributed by atoms with Gasteiger partial charge in [-0.3, -0.25) is 5.10 Å². The highest BCUT2D eigenvalue weighted by Gasteiger charge is 2.32. The van der Waals surface area contributed by atoms with Gasteiger partial charge in [-0.25, -0.2) is 9.78 Å². The molecule has 4 heterocycles. The number of carbonyl (C=O) groups excluding carboxylic acids is 1. The number of carbonyl (C=O) groups is 1. The second-order valence-corrected chi connectivity index (χ2v) is 9.71. The fourth-order valence-corrected chi connectivity index (χ4v) is 3.82. The molecule has 3 aromatic heterocycles. The van der Waals surface area contributed by atoms with Gasteiger partial charge in [-0.15, -0.1) is 5.10 Å². The van der Waals surface area contributed by atoms with Crippen LogP contribution in [-0.2, 0) is 4.74 Å². The van der Waals surface area contributed by atoms with Crippen LogP contribution in [0.3, 0.4) is 0 Å². The van der Waals surface area contributed by atoms with E-state index in [1.54, 1.807) is 28.0 Å². The van der Waals surface area contributed by atoms with Crippen molar-refractivity contribution in [2.75, 3.05) is 18.4 Å². The van der Waals surface area contributed by atoms with E-state index in [1.807, 2.05) is 34.6 Å². The molecule has 2 atom stereocenters. The standard InChI is InChI=1S/C22H32N8O3/c1-13(2)32-19-18(15-9-24-25-10-15)23-11-17-27-20(28-30(17)19)26-16-7-8-29(12-14(16)3)21(31)33-22(4,5)6/h9-11,13-14,16H,7-8,12H2,1-6H3,(H,24,25)(H,26,28)/t14-,16+/m0/s1. The van der Waals surface area contributed by atoms with Crippen molar-refractivity contribution in [1.82, 2.24) is 34.7 Å². The Balaban J connectivity index is 1.52. The van der Waals surface area contributed by atoms with Crippen LogP contribution >= 0.6 is 0 Å². The number of amides is 1. The van der Waals surface area contributed by atoms with Crippen molar-refractivity contribution in [2.45, 2.75) is 65.7 Å². The van der Waals surface area contributed by atoms with Gasteiger partial charge in [-0.1, -0.05) is 6.92 Å². The minimum Gasteiger partial charge on any atom is -0.473 e. The molecule has 1 aliphatic rings. The number of hydrogen-bond donors (Lipinski definition) is 2. The highest BCUT2D eigenvalue weighted by Crippen LogP contribution is 2.29. The van der Waals surface area contributed by atoms with E-state index >= 15 is 0 Å². The Hall–Kier alpha value is -3.37. The summed E-state index contributed by atoms with van der Waals surface area (Å²) in [5, 5.41) is 14.9. The van der Waals surface area contributed by atoms with Crippen LogP contribution in [0.15, 0.2) is 18.6 Å². The number of aromatic nitrogens is 6. The second-order valence-electron chi connectivity index (χ2n) is 9.71. The van der Waals surface area contributed by atoms with E-state index in [9.17, 15) is 4.79 Å². The lowest BCUT2D eigenvalue weighted by Crippen LogP contribution is -2.49. The Morgan fingerprint density at radius 2 is 2.09 bits per heavy atom. The number of fused-ring (bicyclic) bond motifs is 1. The molecule has 1 amide bonds. The SMILES string of the molecule is CC(C)Oc1c(-c2cn[nH]c2)ncc2nc(N[C@@H]3CCN(C(=O)OC(C)(C)C)C[C@@H]3C)nn12. The molecule has 1 saturated heterocycles. The second kappa shape index (κ2) is 8.87. The summed E-state index contributed by atoms with van der Waals surface area (Å²) < 4.78 is 13.2.